The zero-order chi connectivity index (χ0) is 28.8. The SMILES string of the molecule is CC(C)C(N)=NC(=O)N1CCC(C(C)CCOc2cnc(N3CCC(c4cc(F)ccc4F)C(N)C3)cn2)CC1. The third-order valence-electron chi connectivity index (χ3n) is 8.21. The third-order valence-corrected chi connectivity index (χ3v) is 8.21. The Morgan fingerprint density at radius 3 is 2.52 bits per heavy atom. The minimum atomic E-state index is -0.461. The van der Waals surface area contributed by atoms with E-state index >= 15 is 0 Å². The molecule has 2 saturated heterocycles. The normalized spacial score (nSPS) is 21.5. The molecule has 2 fully saturated rings. The summed E-state index contributed by atoms with van der Waals surface area (Å²) in [5, 5.41) is 0. The lowest BCUT2D eigenvalue weighted by atomic mass is 9.84. The Morgan fingerprint density at radius 2 is 1.88 bits per heavy atom. The summed E-state index contributed by atoms with van der Waals surface area (Å²) in [5.74, 6) is 1.38. The number of nitrogens with zero attached hydrogens (tertiary/aromatic N) is 5. The van der Waals surface area contributed by atoms with E-state index < -0.39 is 11.6 Å². The molecule has 2 aromatic rings. The molecule has 11 heteroatoms. The number of likely N-dealkylation sites (tertiary alicyclic amines) is 1. The second-order valence-electron chi connectivity index (χ2n) is 11.3. The lowest BCUT2D eigenvalue weighted by Gasteiger charge is -2.37. The van der Waals surface area contributed by atoms with Crippen LogP contribution in [-0.2, 0) is 0 Å². The molecule has 40 heavy (non-hydrogen) atoms. The Labute approximate surface area is 235 Å². The Hall–Kier alpha value is -3.34. The molecule has 4 rings (SSSR count). The summed E-state index contributed by atoms with van der Waals surface area (Å²) in [6.45, 7) is 9.04. The molecule has 2 aliphatic heterocycles. The first kappa shape index (κ1) is 29.6. The second kappa shape index (κ2) is 13.3. The van der Waals surface area contributed by atoms with Crippen molar-refractivity contribution in [1.29, 1.82) is 0 Å². The van der Waals surface area contributed by atoms with Crippen molar-refractivity contribution in [2.75, 3.05) is 37.7 Å². The van der Waals surface area contributed by atoms with Crippen molar-refractivity contribution in [3.63, 3.8) is 0 Å². The number of amidine groups is 1. The van der Waals surface area contributed by atoms with Gasteiger partial charge < -0.3 is 26.0 Å². The number of urea groups is 1. The molecule has 9 nitrogen and oxygen atoms in total. The zero-order valence-electron chi connectivity index (χ0n) is 23.6. The molecular formula is C29H41F2N7O2. The van der Waals surface area contributed by atoms with Gasteiger partial charge in [-0.15, -0.1) is 0 Å². The van der Waals surface area contributed by atoms with E-state index in [0.29, 0.717) is 74.1 Å². The number of carbonyl (C=O) groups excluding carboxylic acids is 1. The average molecular weight is 558 g/mol. The first-order valence-corrected chi connectivity index (χ1v) is 14.2. The summed E-state index contributed by atoms with van der Waals surface area (Å²) in [4.78, 5) is 29.1. The van der Waals surface area contributed by atoms with Crippen LogP contribution < -0.4 is 21.1 Å². The van der Waals surface area contributed by atoms with Crippen molar-refractivity contribution >= 4 is 17.7 Å². The van der Waals surface area contributed by atoms with Crippen molar-refractivity contribution in [2.24, 2.45) is 34.2 Å². The number of aromatic nitrogens is 2. The molecule has 3 atom stereocenters. The fraction of sp³-hybridized carbons (Fsp3) is 0.586. The van der Waals surface area contributed by atoms with Crippen LogP contribution in [-0.4, -0.2) is 65.6 Å². The number of aliphatic imine (C=N–C) groups is 1. The van der Waals surface area contributed by atoms with Crippen molar-refractivity contribution in [3.05, 3.63) is 47.8 Å². The van der Waals surface area contributed by atoms with Gasteiger partial charge in [0.15, 0.2) is 0 Å². The van der Waals surface area contributed by atoms with Crippen LogP contribution in [0.25, 0.3) is 0 Å². The third kappa shape index (κ3) is 7.44. The molecular weight excluding hydrogens is 516 g/mol. The quantitative estimate of drug-likeness (QED) is 0.366. The van der Waals surface area contributed by atoms with E-state index in [2.05, 4.69) is 21.9 Å². The highest BCUT2D eigenvalue weighted by atomic mass is 19.1. The minimum Gasteiger partial charge on any atom is -0.477 e. The van der Waals surface area contributed by atoms with E-state index in [4.69, 9.17) is 16.2 Å². The fourth-order valence-corrected chi connectivity index (χ4v) is 5.48. The Balaban J connectivity index is 1.20. The lowest BCUT2D eigenvalue weighted by Crippen LogP contribution is -2.48. The Morgan fingerprint density at radius 1 is 1.12 bits per heavy atom. The maximum Gasteiger partial charge on any atom is 0.345 e. The standard InChI is InChI=1S/C29H41F2N7O2/c1-18(2)28(33)36-29(39)37-10-6-20(7-11-37)19(3)9-13-40-27-16-34-26(15-35-27)38-12-8-22(25(32)17-38)23-14-21(30)4-5-24(23)31/h4-5,14-16,18-20,22,25H,6-13,17,32H2,1-3H3,(H2,33,36,39). The van der Waals surface area contributed by atoms with Gasteiger partial charge in [0.1, 0.15) is 23.3 Å². The number of nitrogens with two attached hydrogens (primary N) is 2. The van der Waals surface area contributed by atoms with Gasteiger partial charge in [-0.3, -0.25) is 0 Å². The number of hydrogen-bond acceptors (Lipinski definition) is 6. The van der Waals surface area contributed by atoms with Crippen LogP contribution in [0.15, 0.2) is 35.6 Å². The van der Waals surface area contributed by atoms with E-state index in [1.807, 2.05) is 18.7 Å². The van der Waals surface area contributed by atoms with Gasteiger partial charge in [0.25, 0.3) is 0 Å². The van der Waals surface area contributed by atoms with Crippen LogP contribution >= 0.6 is 0 Å². The van der Waals surface area contributed by atoms with E-state index in [-0.39, 0.29) is 23.9 Å². The molecule has 1 aromatic carbocycles. The summed E-state index contributed by atoms with van der Waals surface area (Å²) in [7, 11) is 0. The van der Waals surface area contributed by atoms with Gasteiger partial charge in [-0.1, -0.05) is 20.8 Å². The second-order valence-corrected chi connectivity index (χ2v) is 11.3. The van der Waals surface area contributed by atoms with Crippen LogP contribution in [0, 0.1) is 29.4 Å². The van der Waals surface area contributed by atoms with E-state index in [0.717, 1.165) is 31.4 Å². The molecule has 0 radical (unpaired) electrons. The predicted octanol–water partition coefficient (Wildman–Crippen LogP) is 4.33. The predicted molar refractivity (Wildman–Crippen MR) is 151 cm³/mol. The molecule has 1 aromatic heterocycles. The van der Waals surface area contributed by atoms with E-state index in [1.54, 1.807) is 17.3 Å². The summed E-state index contributed by atoms with van der Waals surface area (Å²) in [6.07, 6.45) is 6.60. The van der Waals surface area contributed by atoms with Gasteiger partial charge in [0.2, 0.25) is 5.88 Å². The largest absolute Gasteiger partial charge is 0.477 e. The smallest absolute Gasteiger partial charge is 0.345 e. The maximum absolute atomic E-state index is 14.3. The molecule has 0 spiro atoms. The van der Waals surface area contributed by atoms with Crippen LogP contribution in [0.3, 0.4) is 0 Å². The number of anilines is 1. The van der Waals surface area contributed by atoms with E-state index in [1.165, 1.54) is 6.07 Å². The average Bonchev–Trinajstić information content (AvgIpc) is 2.94. The highest BCUT2D eigenvalue weighted by Crippen LogP contribution is 2.32. The van der Waals surface area contributed by atoms with Gasteiger partial charge in [-0.05, 0) is 61.3 Å². The molecule has 3 unspecified atom stereocenters. The van der Waals surface area contributed by atoms with Crippen molar-refractivity contribution < 1.29 is 18.3 Å². The molecule has 2 amide bonds. The number of piperidine rings is 2. The van der Waals surface area contributed by atoms with Crippen LogP contribution in [0.1, 0.15) is 57.9 Å². The maximum atomic E-state index is 14.3. The molecule has 0 saturated carbocycles. The summed E-state index contributed by atoms with van der Waals surface area (Å²) in [6, 6.07) is 2.91. The minimum absolute atomic E-state index is 0.0541. The van der Waals surface area contributed by atoms with E-state index in [9.17, 15) is 13.6 Å². The van der Waals surface area contributed by atoms with Crippen LogP contribution in [0.5, 0.6) is 5.88 Å². The van der Waals surface area contributed by atoms with Crippen molar-refractivity contribution in [3.8, 4) is 5.88 Å². The molecule has 4 N–H and O–H groups in total. The Bertz CT molecular complexity index is 1170. The number of benzene rings is 1. The molecule has 3 heterocycles. The number of hydrogen-bond donors (Lipinski definition) is 2. The highest BCUT2D eigenvalue weighted by Gasteiger charge is 2.31. The molecule has 2 aliphatic rings. The van der Waals surface area contributed by atoms with Gasteiger partial charge >= 0.3 is 6.03 Å². The number of ether oxygens (including phenoxy) is 1. The van der Waals surface area contributed by atoms with Gasteiger partial charge in [0.05, 0.1) is 19.0 Å². The summed E-state index contributed by atoms with van der Waals surface area (Å²) in [5.41, 5.74) is 12.5. The first-order valence-electron chi connectivity index (χ1n) is 14.2. The van der Waals surface area contributed by atoms with Gasteiger partial charge in [0, 0.05) is 44.1 Å². The summed E-state index contributed by atoms with van der Waals surface area (Å²) < 4.78 is 33.8. The van der Waals surface area contributed by atoms with Crippen molar-refractivity contribution in [2.45, 2.75) is 58.4 Å². The van der Waals surface area contributed by atoms with Gasteiger partial charge in [-0.2, -0.15) is 4.99 Å². The lowest BCUT2D eigenvalue weighted by molar-refractivity contribution is 0.149. The Kier molecular flexibility index (Phi) is 9.89. The molecule has 218 valence electrons. The van der Waals surface area contributed by atoms with Crippen molar-refractivity contribution in [1.82, 2.24) is 14.9 Å². The molecule has 0 bridgehead atoms. The fourth-order valence-electron chi connectivity index (χ4n) is 5.48. The number of carbonyl (C=O) groups is 1. The summed E-state index contributed by atoms with van der Waals surface area (Å²) >= 11 is 0. The topological polar surface area (TPSA) is 123 Å². The molecule has 0 aliphatic carbocycles. The number of amides is 2. The first-order chi connectivity index (χ1) is 19.1. The number of rotatable bonds is 8. The zero-order valence-corrected chi connectivity index (χ0v) is 23.6. The number of halogens is 2. The van der Waals surface area contributed by atoms with Crippen LogP contribution in [0.4, 0.5) is 19.4 Å². The van der Waals surface area contributed by atoms with Gasteiger partial charge in [-0.25, -0.2) is 23.5 Å². The highest BCUT2D eigenvalue weighted by molar-refractivity contribution is 5.93. The monoisotopic (exact) mass is 557 g/mol. The van der Waals surface area contributed by atoms with Crippen LogP contribution in [0.2, 0.25) is 0 Å².